The number of thiazole rings is 1. The third kappa shape index (κ3) is 4.93. The molecule has 2 rings (SSSR count). The van der Waals surface area contributed by atoms with Gasteiger partial charge in [0.2, 0.25) is 0 Å². The Hall–Kier alpha value is -2.61. The average Bonchev–Trinajstić information content (AvgIpc) is 3.07. The van der Waals surface area contributed by atoms with Gasteiger partial charge in [-0.2, -0.15) is 0 Å². The Morgan fingerprint density at radius 2 is 1.88 bits per heavy atom. The minimum absolute atomic E-state index is 0.0184. The predicted octanol–water partition coefficient (Wildman–Crippen LogP) is 2.00. The molecule has 25 heavy (non-hydrogen) atoms. The minimum Gasteiger partial charge on any atom is -0.493 e. The number of likely N-dealkylation sites (N-methyl/N-ethyl adjacent to an activating group) is 1. The van der Waals surface area contributed by atoms with E-state index in [1.807, 2.05) is 12.1 Å². The molecule has 0 aliphatic carbocycles. The number of nitrogens with zero attached hydrogens (tertiary/aromatic N) is 2. The molecule has 0 fully saturated rings. The van der Waals surface area contributed by atoms with Crippen LogP contribution in [0.2, 0.25) is 0 Å². The number of esters is 1. The number of aromatic nitrogens is 1. The first-order valence-electron chi connectivity index (χ1n) is 7.47. The zero-order valence-corrected chi connectivity index (χ0v) is 15.4. The van der Waals surface area contributed by atoms with Gasteiger partial charge in [0.25, 0.3) is 5.91 Å². The molecule has 0 aliphatic heterocycles. The Kier molecular flexibility index (Phi) is 6.35. The van der Waals surface area contributed by atoms with E-state index in [1.54, 1.807) is 39.8 Å². The molecule has 0 saturated heterocycles. The first kappa shape index (κ1) is 18.7. The molecule has 1 amide bonds. The summed E-state index contributed by atoms with van der Waals surface area (Å²) in [6.45, 7) is -0.265. The molecule has 134 valence electrons. The van der Waals surface area contributed by atoms with E-state index in [9.17, 15) is 9.59 Å². The van der Waals surface area contributed by atoms with Crippen LogP contribution in [0.1, 0.15) is 5.69 Å². The number of ether oxygens (including phenoxy) is 3. The molecule has 0 spiro atoms. The summed E-state index contributed by atoms with van der Waals surface area (Å²) in [5.74, 6) is 0.493. The molecule has 0 radical (unpaired) electrons. The number of amides is 1. The maximum Gasteiger partial charge on any atom is 0.312 e. The lowest BCUT2D eigenvalue weighted by molar-refractivity contribution is -0.150. The van der Waals surface area contributed by atoms with Crippen LogP contribution in [0.15, 0.2) is 23.6 Å². The van der Waals surface area contributed by atoms with Crippen molar-refractivity contribution < 1.29 is 23.8 Å². The quantitative estimate of drug-likeness (QED) is 0.700. The Morgan fingerprint density at radius 3 is 2.52 bits per heavy atom. The zero-order valence-electron chi connectivity index (χ0n) is 14.6. The SMILES string of the molecule is COc1ccc(-c2nc(CC(=O)OCC(=O)N(C)C)cs2)cc1OC. The summed E-state index contributed by atoms with van der Waals surface area (Å²) in [5, 5.41) is 2.55. The molecule has 0 aliphatic rings. The van der Waals surface area contributed by atoms with E-state index in [0.29, 0.717) is 17.2 Å². The van der Waals surface area contributed by atoms with Crippen LogP contribution in [0.5, 0.6) is 11.5 Å². The van der Waals surface area contributed by atoms with Gasteiger partial charge < -0.3 is 19.1 Å². The maximum absolute atomic E-state index is 11.8. The van der Waals surface area contributed by atoms with Gasteiger partial charge in [-0.1, -0.05) is 0 Å². The van der Waals surface area contributed by atoms with Crippen LogP contribution in [0.4, 0.5) is 0 Å². The van der Waals surface area contributed by atoms with Gasteiger partial charge in [0.15, 0.2) is 18.1 Å². The Bertz CT molecular complexity index is 757. The minimum atomic E-state index is -0.487. The molecule has 1 heterocycles. The van der Waals surface area contributed by atoms with Crippen LogP contribution in [-0.2, 0) is 20.7 Å². The highest BCUT2D eigenvalue weighted by atomic mass is 32.1. The molecule has 7 nitrogen and oxygen atoms in total. The Labute approximate surface area is 150 Å². The standard InChI is InChI=1S/C17H20N2O5S/c1-19(2)15(20)9-24-16(21)8-12-10-25-17(18-12)11-5-6-13(22-3)14(7-11)23-4/h5-7,10H,8-9H2,1-4H3. The number of rotatable bonds is 7. The molecular weight excluding hydrogens is 344 g/mol. The summed E-state index contributed by atoms with van der Waals surface area (Å²) >= 11 is 1.42. The van der Waals surface area contributed by atoms with Gasteiger partial charge in [-0.3, -0.25) is 9.59 Å². The molecule has 8 heteroatoms. The topological polar surface area (TPSA) is 78.0 Å². The van der Waals surface area contributed by atoms with Crippen LogP contribution in [0, 0.1) is 0 Å². The van der Waals surface area contributed by atoms with Crippen molar-refractivity contribution in [2.45, 2.75) is 6.42 Å². The van der Waals surface area contributed by atoms with Gasteiger partial charge in [-0.15, -0.1) is 11.3 Å². The summed E-state index contributed by atoms with van der Waals surface area (Å²) < 4.78 is 15.4. The number of methoxy groups -OCH3 is 2. The van der Waals surface area contributed by atoms with Crippen molar-refractivity contribution in [1.29, 1.82) is 0 Å². The number of benzene rings is 1. The zero-order chi connectivity index (χ0) is 18.4. The highest BCUT2D eigenvalue weighted by Gasteiger charge is 2.14. The van der Waals surface area contributed by atoms with E-state index >= 15 is 0 Å². The van der Waals surface area contributed by atoms with Crippen LogP contribution >= 0.6 is 11.3 Å². The Balaban J connectivity index is 2.02. The van der Waals surface area contributed by atoms with Crippen molar-refractivity contribution in [3.05, 3.63) is 29.3 Å². The average molecular weight is 364 g/mol. The van der Waals surface area contributed by atoms with Gasteiger partial charge in [0, 0.05) is 25.0 Å². The largest absolute Gasteiger partial charge is 0.493 e. The molecule has 1 aromatic carbocycles. The second kappa shape index (κ2) is 8.48. The lowest BCUT2D eigenvalue weighted by Crippen LogP contribution is -2.27. The van der Waals surface area contributed by atoms with Gasteiger partial charge in [-0.25, -0.2) is 4.98 Å². The fraction of sp³-hybridized carbons (Fsp3) is 0.353. The van der Waals surface area contributed by atoms with Crippen LogP contribution in [0.3, 0.4) is 0 Å². The summed E-state index contributed by atoms with van der Waals surface area (Å²) in [5.41, 5.74) is 1.46. The van der Waals surface area contributed by atoms with Crippen molar-refractivity contribution in [2.24, 2.45) is 0 Å². The third-order valence-corrected chi connectivity index (χ3v) is 4.30. The van der Waals surface area contributed by atoms with Crippen molar-refractivity contribution in [3.63, 3.8) is 0 Å². The Morgan fingerprint density at radius 1 is 1.16 bits per heavy atom. The number of hydrogen-bond donors (Lipinski definition) is 0. The van der Waals surface area contributed by atoms with Gasteiger partial charge >= 0.3 is 5.97 Å². The first-order chi connectivity index (χ1) is 11.9. The van der Waals surface area contributed by atoms with Crippen molar-refractivity contribution in [3.8, 4) is 22.1 Å². The van der Waals surface area contributed by atoms with E-state index < -0.39 is 5.97 Å². The lowest BCUT2D eigenvalue weighted by Gasteiger charge is -2.09. The molecule has 0 atom stereocenters. The number of carbonyl (C=O) groups excluding carboxylic acids is 2. The number of hydrogen-bond acceptors (Lipinski definition) is 7. The van der Waals surface area contributed by atoms with E-state index in [2.05, 4.69) is 4.98 Å². The van der Waals surface area contributed by atoms with Crippen molar-refractivity contribution in [2.75, 3.05) is 34.9 Å². The third-order valence-electron chi connectivity index (χ3n) is 3.36. The van der Waals surface area contributed by atoms with Crippen LogP contribution in [-0.4, -0.2) is 56.7 Å². The monoisotopic (exact) mass is 364 g/mol. The molecule has 0 saturated carbocycles. The maximum atomic E-state index is 11.8. The van der Waals surface area contributed by atoms with Crippen LogP contribution in [0.25, 0.3) is 10.6 Å². The normalized spacial score (nSPS) is 10.2. The fourth-order valence-corrected chi connectivity index (χ4v) is 2.78. The van der Waals surface area contributed by atoms with Crippen LogP contribution < -0.4 is 9.47 Å². The lowest BCUT2D eigenvalue weighted by atomic mass is 10.2. The second-order valence-electron chi connectivity index (χ2n) is 5.34. The summed E-state index contributed by atoms with van der Waals surface area (Å²) in [6, 6.07) is 5.50. The summed E-state index contributed by atoms with van der Waals surface area (Å²) in [4.78, 5) is 29.0. The number of carbonyl (C=O) groups is 2. The van der Waals surface area contributed by atoms with E-state index in [0.717, 1.165) is 10.6 Å². The highest BCUT2D eigenvalue weighted by Crippen LogP contribution is 2.33. The molecule has 2 aromatic rings. The van der Waals surface area contributed by atoms with Crippen molar-refractivity contribution >= 4 is 23.2 Å². The smallest absolute Gasteiger partial charge is 0.312 e. The molecule has 0 bridgehead atoms. The molecule has 0 unspecified atom stereocenters. The summed E-state index contributed by atoms with van der Waals surface area (Å²) in [6.07, 6.45) is 0.0184. The van der Waals surface area contributed by atoms with Crippen molar-refractivity contribution in [1.82, 2.24) is 9.88 Å². The van der Waals surface area contributed by atoms with E-state index in [1.165, 1.54) is 16.2 Å². The fourth-order valence-electron chi connectivity index (χ4n) is 1.96. The molecular formula is C17H20N2O5S. The van der Waals surface area contributed by atoms with Gasteiger partial charge in [0.05, 0.1) is 26.3 Å². The molecule has 0 N–H and O–H groups in total. The molecule has 1 aromatic heterocycles. The highest BCUT2D eigenvalue weighted by molar-refractivity contribution is 7.13. The second-order valence-corrected chi connectivity index (χ2v) is 6.20. The van der Waals surface area contributed by atoms with Gasteiger partial charge in [-0.05, 0) is 18.2 Å². The predicted molar refractivity (Wildman–Crippen MR) is 94.0 cm³/mol. The van der Waals surface area contributed by atoms with E-state index in [-0.39, 0.29) is 18.9 Å². The van der Waals surface area contributed by atoms with E-state index in [4.69, 9.17) is 14.2 Å². The summed E-state index contributed by atoms with van der Waals surface area (Å²) in [7, 11) is 6.35. The van der Waals surface area contributed by atoms with Gasteiger partial charge in [0.1, 0.15) is 5.01 Å². The first-order valence-corrected chi connectivity index (χ1v) is 8.35.